The maximum atomic E-state index is 13.4. The van der Waals surface area contributed by atoms with Gasteiger partial charge in [-0.15, -0.1) is 0 Å². The Balaban J connectivity index is 1.67. The lowest BCUT2D eigenvalue weighted by Gasteiger charge is -2.37. The second kappa shape index (κ2) is 11.3. The van der Waals surface area contributed by atoms with E-state index in [1.807, 2.05) is 0 Å². The highest BCUT2D eigenvalue weighted by atomic mass is 19.4. The maximum Gasteiger partial charge on any atom is 0.416 e. The molecule has 1 atom stereocenters. The van der Waals surface area contributed by atoms with Crippen LogP contribution in [0.4, 0.5) is 18.0 Å². The second-order valence-electron chi connectivity index (χ2n) is 10.3. The Morgan fingerprint density at radius 1 is 1.03 bits per heavy atom. The largest absolute Gasteiger partial charge is 0.444 e. The molecule has 1 saturated heterocycles. The smallest absolute Gasteiger partial charge is 0.416 e. The first-order valence-electron chi connectivity index (χ1n) is 12.1. The minimum atomic E-state index is -4.39. The van der Waals surface area contributed by atoms with Crippen molar-refractivity contribution in [3.05, 3.63) is 59.7 Å². The standard InChI is InChI=1S/C28H31F3N2O4/c1-26(2,3)37-25(35)33-27(12-14-36-15-13-27)24(34)17-20(18-32)16-19-4-6-21(7-5-19)22-8-10-23(11-9-22)28(29,30)31/h4-11,20H,12-17H2,1-3H3,(H,33,35)/t20-/m1/s1. The number of alkyl halides is 3. The van der Waals surface area contributed by atoms with Crippen LogP contribution in [0.25, 0.3) is 11.1 Å². The summed E-state index contributed by atoms with van der Waals surface area (Å²) in [5.74, 6) is -0.862. The number of alkyl carbamates (subject to hydrolysis) is 1. The van der Waals surface area contributed by atoms with Gasteiger partial charge >= 0.3 is 12.3 Å². The van der Waals surface area contributed by atoms with Gasteiger partial charge in [0.15, 0.2) is 5.78 Å². The summed E-state index contributed by atoms with van der Waals surface area (Å²) in [6.45, 7) is 5.83. The number of Topliss-reactive ketones (excluding diaryl/α,β-unsaturated/α-hetero) is 1. The SMILES string of the molecule is CC(C)(C)OC(=O)NC1(C(=O)C[C@H](C#N)Cc2ccc(-c3ccc(C(F)(F)F)cc3)cc2)CCOCC1. The lowest BCUT2D eigenvalue weighted by molar-refractivity contribution is -0.137. The van der Waals surface area contributed by atoms with Crippen LogP contribution in [0, 0.1) is 17.2 Å². The lowest BCUT2D eigenvalue weighted by atomic mass is 9.80. The van der Waals surface area contributed by atoms with Crippen LogP contribution in [-0.2, 0) is 26.9 Å². The highest BCUT2D eigenvalue weighted by Crippen LogP contribution is 2.31. The summed E-state index contributed by atoms with van der Waals surface area (Å²) < 4.78 is 49.2. The zero-order valence-electron chi connectivity index (χ0n) is 21.2. The molecule has 1 heterocycles. The molecule has 0 radical (unpaired) electrons. The molecule has 0 aromatic heterocycles. The van der Waals surface area contributed by atoms with Crippen molar-refractivity contribution in [2.75, 3.05) is 13.2 Å². The van der Waals surface area contributed by atoms with E-state index >= 15 is 0 Å². The summed E-state index contributed by atoms with van der Waals surface area (Å²) in [5.41, 5.74) is -0.386. The summed E-state index contributed by atoms with van der Waals surface area (Å²) in [6, 6.07) is 14.3. The van der Waals surface area contributed by atoms with Crippen molar-refractivity contribution >= 4 is 11.9 Å². The molecule has 198 valence electrons. The third-order valence-electron chi connectivity index (χ3n) is 6.22. The number of amides is 1. The molecule has 0 aliphatic carbocycles. The van der Waals surface area contributed by atoms with Gasteiger partial charge in [0.2, 0.25) is 0 Å². The van der Waals surface area contributed by atoms with Crippen molar-refractivity contribution in [2.24, 2.45) is 5.92 Å². The normalized spacial score (nSPS) is 16.4. The van der Waals surface area contributed by atoms with E-state index in [0.717, 1.165) is 23.3 Å². The highest BCUT2D eigenvalue weighted by molar-refractivity contribution is 5.92. The molecule has 3 rings (SSSR count). The fourth-order valence-corrected chi connectivity index (χ4v) is 4.24. The summed E-state index contributed by atoms with van der Waals surface area (Å²) in [4.78, 5) is 25.8. The lowest BCUT2D eigenvalue weighted by Crippen LogP contribution is -2.58. The number of hydrogen-bond acceptors (Lipinski definition) is 5. The van der Waals surface area contributed by atoms with Crippen molar-refractivity contribution in [3.63, 3.8) is 0 Å². The van der Waals surface area contributed by atoms with Gasteiger partial charge < -0.3 is 14.8 Å². The first-order valence-corrected chi connectivity index (χ1v) is 12.1. The number of benzene rings is 2. The molecule has 2 aromatic rings. The molecule has 0 bridgehead atoms. The molecule has 9 heteroatoms. The van der Waals surface area contributed by atoms with Gasteiger partial charge in [-0.2, -0.15) is 18.4 Å². The van der Waals surface area contributed by atoms with Gasteiger partial charge in [-0.05, 0) is 56.0 Å². The van der Waals surface area contributed by atoms with Crippen LogP contribution in [0.5, 0.6) is 0 Å². The first kappa shape index (κ1) is 28.2. The Morgan fingerprint density at radius 3 is 2.05 bits per heavy atom. The molecule has 1 fully saturated rings. The Hall–Kier alpha value is -3.38. The second-order valence-corrected chi connectivity index (χ2v) is 10.3. The van der Waals surface area contributed by atoms with Crippen LogP contribution in [-0.4, -0.2) is 36.2 Å². The topological polar surface area (TPSA) is 88.4 Å². The van der Waals surface area contributed by atoms with E-state index in [1.54, 1.807) is 45.0 Å². The molecule has 2 aromatic carbocycles. The van der Waals surface area contributed by atoms with Gasteiger partial charge in [0.05, 0.1) is 17.6 Å². The minimum Gasteiger partial charge on any atom is -0.444 e. The number of ketones is 1. The van der Waals surface area contributed by atoms with Crippen molar-refractivity contribution in [1.82, 2.24) is 5.32 Å². The number of hydrogen-bond donors (Lipinski definition) is 1. The van der Waals surface area contributed by atoms with Crippen molar-refractivity contribution < 1.29 is 32.2 Å². The monoisotopic (exact) mass is 516 g/mol. The average Bonchev–Trinajstić information content (AvgIpc) is 2.83. The maximum absolute atomic E-state index is 13.4. The molecule has 0 unspecified atom stereocenters. The van der Waals surface area contributed by atoms with Gasteiger partial charge in [-0.25, -0.2) is 4.79 Å². The van der Waals surface area contributed by atoms with E-state index < -0.39 is 34.9 Å². The van der Waals surface area contributed by atoms with Crippen molar-refractivity contribution in [2.45, 2.75) is 63.8 Å². The predicted octanol–water partition coefficient (Wildman–Crippen LogP) is 6.09. The van der Waals surface area contributed by atoms with E-state index in [-0.39, 0.29) is 12.2 Å². The first-order chi connectivity index (χ1) is 17.3. The van der Waals surface area contributed by atoms with Gasteiger partial charge in [0.1, 0.15) is 11.1 Å². The van der Waals surface area contributed by atoms with E-state index in [2.05, 4.69) is 11.4 Å². The van der Waals surface area contributed by atoms with Gasteiger partial charge in [0, 0.05) is 32.5 Å². The van der Waals surface area contributed by atoms with Crippen LogP contribution < -0.4 is 5.32 Å². The van der Waals surface area contributed by atoms with Gasteiger partial charge in [0.25, 0.3) is 0 Å². The van der Waals surface area contributed by atoms with Crippen LogP contribution in [0.3, 0.4) is 0 Å². The number of carbonyl (C=O) groups is 2. The van der Waals surface area contributed by atoms with E-state index in [1.165, 1.54) is 12.1 Å². The third kappa shape index (κ3) is 7.80. The van der Waals surface area contributed by atoms with E-state index in [9.17, 15) is 28.0 Å². The number of rotatable bonds is 7. The van der Waals surface area contributed by atoms with E-state index in [4.69, 9.17) is 9.47 Å². The minimum absolute atomic E-state index is 0.0487. The summed E-state index contributed by atoms with van der Waals surface area (Å²) in [6.07, 6.45) is -4.22. The van der Waals surface area contributed by atoms with Crippen LogP contribution in [0.2, 0.25) is 0 Å². The zero-order valence-corrected chi connectivity index (χ0v) is 21.2. The zero-order chi connectivity index (χ0) is 27.3. The molecule has 0 saturated carbocycles. The van der Waals surface area contributed by atoms with Gasteiger partial charge in [-0.3, -0.25) is 4.79 Å². The molecule has 1 N–H and O–H groups in total. The highest BCUT2D eigenvalue weighted by Gasteiger charge is 2.42. The molecule has 1 amide bonds. The number of nitriles is 1. The molecule has 37 heavy (non-hydrogen) atoms. The quantitative estimate of drug-likeness (QED) is 0.481. The molecule has 1 aliphatic heterocycles. The Bertz CT molecular complexity index is 1120. The fourth-order valence-electron chi connectivity index (χ4n) is 4.24. The van der Waals surface area contributed by atoms with Crippen LogP contribution in [0.1, 0.15) is 51.2 Å². The molecular weight excluding hydrogens is 485 g/mol. The molecule has 6 nitrogen and oxygen atoms in total. The fraction of sp³-hybridized carbons (Fsp3) is 0.464. The van der Waals surface area contributed by atoms with Crippen LogP contribution in [0.15, 0.2) is 48.5 Å². The molecule has 1 aliphatic rings. The average molecular weight is 517 g/mol. The Kier molecular flexibility index (Phi) is 8.64. The third-order valence-corrected chi connectivity index (χ3v) is 6.22. The number of halogens is 3. The molecular formula is C28H31F3N2O4. The summed E-state index contributed by atoms with van der Waals surface area (Å²) >= 11 is 0. The Labute approximate surface area is 214 Å². The van der Waals surface area contributed by atoms with Crippen LogP contribution >= 0.6 is 0 Å². The summed E-state index contributed by atoms with van der Waals surface area (Å²) in [5, 5.41) is 12.5. The predicted molar refractivity (Wildman–Crippen MR) is 131 cm³/mol. The van der Waals surface area contributed by atoms with E-state index in [0.29, 0.717) is 38.0 Å². The van der Waals surface area contributed by atoms with Crippen molar-refractivity contribution in [3.8, 4) is 17.2 Å². The Morgan fingerprint density at radius 2 is 1.57 bits per heavy atom. The summed E-state index contributed by atoms with van der Waals surface area (Å²) in [7, 11) is 0. The molecule has 0 spiro atoms. The number of carbonyl (C=O) groups excluding carboxylic acids is 2. The number of nitrogens with zero attached hydrogens (tertiary/aromatic N) is 1. The van der Waals surface area contributed by atoms with Crippen molar-refractivity contribution in [1.29, 1.82) is 5.26 Å². The number of ether oxygens (including phenoxy) is 2. The number of nitrogens with one attached hydrogen (secondary N) is 1. The van der Waals surface area contributed by atoms with Gasteiger partial charge in [-0.1, -0.05) is 36.4 Å².